The van der Waals surface area contributed by atoms with E-state index in [4.69, 9.17) is 5.73 Å². The first-order chi connectivity index (χ1) is 16.7. The van der Waals surface area contributed by atoms with Crippen LogP contribution in [0.3, 0.4) is 0 Å². The summed E-state index contributed by atoms with van der Waals surface area (Å²) in [6.45, 7) is 3.40. The maximum absolute atomic E-state index is 12.5. The van der Waals surface area contributed by atoms with Crippen molar-refractivity contribution >= 4 is 27.4 Å². The van der Waals surface area contributed by atoms with Crippen LogP contribution in [-0.4, -0.2) is 30.8 Å². The predicted octanol–water partition coefficient (Wildman–Crippen LogP) is 3.93. The van der Waals surface area contributed by atoms with E-state index in [-0.39, 0.29) is 10.7 Å². The number of amides is 1. The quantitative estimate of drug-likeness (QED) is 0.339. The summed E-state index contributed by atoms with van der Waals surface area (Å²) in [6, 6.07) is 21.4. The average Bonchev–Trinajstić information content (AvgIpc) is 2.84. The molecule has 8 nitrogen and oxygen atoms in total. The number of carbonyl (C=O) groups excluding carboxylic acids is 1. The lowest BCUT2D eigenvalue weighted by Gasteiger charge is -2.12. The van der Waals surface area contributed by atoms with Gasteiger partial charge in [0.2, 0.25) is 15.9 Å². The monoisotopic (exact) mass is 487 g/mol. The molecule has 0 atom stereocenters. The topological polar surface area (TPSA) is 127 Å². The zero-order valence-corrected chi connectivity index (χ0v) is 20.1. The minimum Gasteiger partial charge on any atom is -0.399 e. The molecule has 0 saturated carbocycles. The van der Waals surface area contributed by atoms with Crippen molar-refractivity contribution in [2.24, 2.45) is 0 Å². The molecule has 0 bridgehead atoms. The summed E-state index contributed by atoms with van der Waals surface area (Å²) in [6.07, 6.45) is 1.45. The van der Waals surface area contributed by atoms with Crippen LogP contribution in [0.1, 0.15) is 11.1 Å². The summed E-state index contributed by atoms with van der Waals surface area (Å²) >= 11 is 0. The Morgan fingerprint density at radius 1 is 0.886 bits per heavy atom. The lowest BCUT2D eigenvalue weighted by Crippen LogP contribution is -2.33. The minimum absolute atomic E-state index is 0.0869. The summed E-state index contributed by atoms with van der Waals surface area (Å²) < 4.78 is 27.2. The van der Waals surface area contributed by atoms with Gasteiger partial charge < -0.3 is 11.1 Å². The zero-order chi connectivity index (χ0) is 25.0. The molecular formula is C26H25N5O3S. The van der Waals surface area contributed by atoms with Gasteiger partial charge in [0.15, 0.2) is 5.82 Å². The van der Waals surface area contributed by atoms with Crippen LogP contribution >= 0.6 is 0 Å². The molecule has 1 amide bonds. The van der Waals surface area contributed by atoms with Crippen molar-refractivity contribution in [1.29, 1.82) is 0 Å². The number of aromatic nitrogens is 2. The molecule has 0 radical (unpaired) electrons. The first-order valence-corrected chi connectivity index (χ1v) is 12.4. The highest BCUT2D eigenvalue weighted by Gasteiger charge is 2.17. The molecule has 3 aromatic carbocycles. The van der Waals surface area contributed by atoms with Gasteiger partial charge in [0.1, 0.15) is 0 Å². The van der Waals surface area contributed by atoms with E-state index in [1.54, 1.807) is 24.3 Å². The van der Waals surface area contributed by atoms with Crippen LogP contribution in [0, 0.1) is 13.8 Å². The highest BCUT2D eigenvalue weighted by molar-refractivity contribution is 7.89. The van der Waals surface area contributed by atoms with Gasteiger partial charge >= 0.3 is 0 Å². The van der Waals surface area contributed by atoms with E-state index in [1.165, 1.54) is 18.3 Å². The molecule has 9 heteroatoms. The standard InChI is InChI=1S/C26H25N5O3S/c1-17-6-12-22(13-7-17)35(33,34)29-16-24(32)30-23-15-28-25(20-5-3-4-18(2)14-20)26(31-23)19-8-10-21(27)11-9-19/h3-15,29H,16,27H2,1-2H3,(H,30,31,32). The number of aryl methyl sites for hydroxylation is 2. The molecule has 4 rings (SSSR count). The van der Waals surface area contributed by atoms with Crippen LogP contribution in [0.2, 0.25) is 0 Å². The second-order valence-corrected chi connectivity index (χ2v) is 9.90. The molecular weight excluding hydrogens is 462 g/mol. The number of benzene rings is 3. The normalized spacial score (nSPS) is 11.3. The average molecular weight is 488 g/mol. The number of hydrogen-bond donors (Lipinski definition) is 3. The van der Waals surface area contributed by atoms with E-state index in [0.29, 0.717) is 17.1 Å². The Morgan fingerprint density at radius 3 is 2.29 bits per heavy atom. The van der Waals surface area contributed by atoms with E-state index in [1.807, 2.05) is 50.2 Å². The first-order valence-electron chi connectivity index (χ1n) is 10.9. The Bertz CT molecular complexity index is 1470. The molecule has 1 heterocycles. The van der Waals surface area contributed by atoms with Gasteiger partial charge in [0.25, 0.3) is 0 Å². The molecule has 4 N–H and O–H groups in total. The van der Waals surface area contributed by atoms with Gasteiger partial charge in [-0.1, -0.05) is 53.6 Å². The summed E-state index contributed by atoms with van der Waals surface area (Å²) in [5.74, 6) is -0.366. The van der Waals surface area contributed by atoms with Crippen LogP contribution in [0.15, 0.2) is 83.9 Å². The van der Waals surface area contributed by atoms with Gasteiger partial charge in [0.05, 0.1) is 29.0 Å². The van der Waals surface area contributed by atoms with Crippen molar-refractivity contribution in [2.45, 2.75) is 18.7 Å². The fourth-order valence-corrected chi connectivity index (χ4v) is 4.43. The van der Waals surface area contributed by atoms with Crippen molar-refractivity contribution in [3.63, 3.8) is 0 Å². The van der Waals surface area contributed by atoms with Crippen molar-refractivity contribution in [3.8, 4) is 22.5 Å². The van der Waals surface area contributed by atoms with E-state index in [0.717, 1.165) is 22.3 Å². The molecule has 0 saturated heterocycles. The van der Waals surface area contributed by atoms with E-state index in [2.05, 4.69) is 20.0 Å². The van der Waals surface area contributed by atoms with Gasteiger partial charge in [-0.25, -0.2) is 18.1 Å². The summed E-state index contributed by atoms with van der Waals surface area (Å²) in [5, 5.41) is 2.62. The molecule has 4 aromatic rings. The number of rotatable bonds is 7. The van der Waals surface area contributed by atoms with Crippen LogP contribution in [0.25, 0.3) is 22.5 Å². The molecule has 0 unspecified atom stereocenters. The Balaban J connectivity index is 1.57. The predicted molar refractivity (Wildman–Crippen MR) is 137 cm³/mol. The van der Waals surface area contributed by atoms with Crippen molar-refractivity contribution < 1.29 is 13.2 Å². The molecule has 0 aliphatic heterocycles. The molecule has 0 spiro atoms. The third-order valence-electron chi connectivity index (χ3n) is 5.27. The van der Waals surface area contributed by atoms with E-state index < -0.39 is 22.5 Å². The largest absolute Gasteiger partial charge is 0.399 e. The molecule has 1 aromatic heterocycles. The SMILES string of the molecule is Cc1ccc(S(=O)(=O)NCC(=O)Nc2cnc(-c3cccc(C)c3)c(-c3ccc(N)cc3)n2)cc1. The fourth-order valence-electron chi connectivity index (χ4n) is 3.44. The maximum Gasteiger partial charge on any atom is 0.241 e. The van der Waals surface area contributed by atoms with Gasteiger partial charge in [-0.2, -0.15) is 0 Å². The Hall–Kier alpha value is -4.08. The number of hydrogen-bond acceptors (Lipinski definition) is 6. The number of nitrogens with two attached hydrogens (primary N) is 1. The van der Waals surface area contributed by atoms with Gasteiger partial charge in [0, 0.05) is 16.8 Å². The van der Waals surface area contributed by atoms with Gasteiger partial charge in [-0.3, -0.25) is 9.78 Å². The highest BCUT2D eigenvalue weighted by atomic mass is 32.2. The summed E-state index contributed by atoms with van der Waals surface area (Å²) in [7, 11) is -3.83. The van der Waals surface area contributed by atoms with Crippen LogP contribution in [0.5, 0.6) is 0 Å². The second-order valence-electron chi connectivity index (χ2n) is 8.13. The molecule has 0 aliphatic rings. The van der Waals surface area contributed by atoms with Crippen molar-refractivity contribution in [2.75, 3.05) is 17.6 Å². The molecule has 0 fully saturated rings. The number of anilines is 2. The number of sulfonamides is 1. The third kappa shape index (κ3) is 5.89. The maximum atomic E-state index is 12.5. The molecule has 178 valence electrons. The van der Waals surface area contributed by atoms with Crippen molar-refractivity contribution in [1.82, 2.24) is 14.7 Å². The van der Waals surface area contributed by atoms with Gasteiger partial charge in [-0.05, 0) is 44.2 Å². The number of carbonyl (C=O) groups is 1. The first kappa shape index (κ1) is 24.1. The number of nitrogens with one attached hydrogen (secondary N) is 2. The molecule has 35 heavy (non-hydrogen) atoms. The third-order valence-corrected chi connectivity index (χ3v) is 6.69. The summed E-state index contributed by atoms with van der Waals surface area (Å²) in [4.78, 5) is 21.8. The Kier molecular flexibility index (Phi) is 6.90. The van der Waals surface area contributed by atoms with E-state index >= 15 is 0 Å². The number of nitrogens with zero attached hydrogens (tertiary/aromatic N) is 2. The van der Waals surface area contributed by atoms with Gasteiger partial charge in [-0.15, -0.1) is 0 Å². The smallest absolute Gasteiger partial charge is 0.241 e. The van der Waals surface area contributed by atoms with Crippen molar-refractivity contribution in [3.05, 3.63) is 90.1 Å². The van der Waals surface area contributed by atoms with Crippen LogP contribution < -0.4 is 15.8 Å². The highest BCUT2D eigenvalue weighted by Crippen LogP contribution is 2.30. The fraction of sp³-hybridized carbons (Fsp3) is 0.115. The zero-order valence-electron chi connectivity index (χ0n) is 19.3. The van der Waals surface area contributed by atoms with Crippen LogP contribution in [-0.2, 0) is 14.8 Å². The Labute approximate surface area is 204 Å². The van der Waals surface area contributed by atoms with E-state index in [9.17, 15) is 13.2 Å². The number of nitrogen functional groups attached to an aromatic ring is 1. The summed E-state index contributed by atoms with van der Waals surface area (Å²) in [5.41, 5.74) is 11.3. The Morgan fingerprint density at radius 2 is 1.60 bits per heavy atom. The lowest BCUT2D eigenvalue weighted by molar-refractivity contribution is -0.115. The lowest BCUT2D eigenvalue weighted by atomic mass is 10.0. The minimum atomic E-state index is -3.83. The second kappa shape index (κ2) is 10.0. The van der Waals surface area contributed by atoms with Crippen LogP contribution in [0.4, 0.5) is 11.5 Å². The molecule has 0 aliphatic carbocycles.